The maximum Gasteiger partial charge on any atom is 0.0724 e. The summed E-state index contributed by atoms with van der Waals surface area (Å²) in [6, 6.07) is 1.29. The van der Waals surface area contributed by atoms with E-state index >= 15 is 0 Å². The van der Waals surface area contributed by atoms with Crippen LogP contribution in [0.2, 0.25) is 0 Å². The molecule has 1 saturated heterocycles. The van der Waals surface area contributed by atoms with E-state index in [2.05, 4.69) is 37.9 Å². The molecule has 0 aromatic carbocycles. The molecule has 0 saturated carbocycles. The van der Waals surface area contributed by atoms with E-state index in [1.807, 2.05) is 7.11 Å². The summed E-state index contributed by atoms with van der Waals surface area (Å²) in [6.45, 7) is 12.7. The van der Waals surface area contributed by atoms with E-state index in [-0.39, 0.29) is 0 Å². The summed E-state index contributed by atoms with van der Waals surface area (Å²) in [5.41, 5.74) is 0. The SMILES string of the molecule is CCCNC(CCC)C(CC)N1CCC(C)C(OC)C1. The normalized spacial score (nSPS) is 27.4. The van der Waals surface area contributed by atoms with Crippen LogP contribution in [0.1, 0.15) is 59.8 Å². The smallest absolute Gasteiger partial charge is 0.0724 e. The molecule has 3 nitrogen and oxygen atoms in total. The van der Waals surface area contributed by atoms with Crippen LogP contribution in [-0.4, -0.2) is 49.8 Å². The van der Waals surface area contributed by atoms with Gasteiger partial charge in [0.25, 0.3) is 0 Å². The van der Waals surface area contributed by atoms with Crippen molar-refractivity contribution in [3.05, 3.63) is 0 Å². The van der Waals surface area contributed by atoms with Gasteiger partial charge in [0.05, 0.1) is 6.10 Å². The van der Waals surface area contributed by atoms with Gasteiger partial charge in [0.1, 0.15) is 0 Å². The van der Waals surface area contributed by atoms with Crippen molar-refractivity contribution < 1.29 is 4.74 Å². The molecule has 0 spiro atoms. The Balaban J connectivity index is 2.65. The summed E-state index contributed by atoms with van der Waals surface area (Å²) in [6.07, 6.45) is 6.66. The number of nitrogens with one attached hydrogen (secondary N) is 1. The van der Waals surface area contributed by atoms with Crippen LogP contribution in [0, 0.1) is 5.92 Å². The molecule has 1 aliphatic heterocycles. The van der Waals surface area contributed by atoms with Crippen molar-refractivity contribution in [2.24, 2.45) is 5.92 Å². The fourth-order valence-electron chi connectivity index (χ4n) is 3.53. The fraction of sp³-hybridized carbons (Fsp3) is 1.00. The second-order valence-electron chi connectivity index (χ2n) is 6.36. The highest BCUT2D eigenvalue weighted by atomic mass is 16.5. The molecule has 1 rings (SSSR count). The Hall–Kier alpha value is -0.120. The number of nitrogens with zero attached hydrogens (tertiary/aromatic N) is 1. The van der Waals surface area contributed by atoms with Gasteiger partial charge in [-0.25, -0.2) is 0 Å². The number of rotatable bonds is 9. The maximum atomic E-state index is 5.69. The predicted molar refractivity (Wildman–Crippen MR) is 87.2 cm³/mol. The Morgan fingerprint density at radius 2 is 2.00 bits per heavy atom. The molecule has 0 aliphatic carbocycles. The van der Waals surface area contributed by atoms with Crippen molar-refractivity contribution in [2.45, 2.75) is 78.0 Å². The summed E-state index contributed by atoms with van der Waals surface area (Å²) in [5.74, 6) is 0.696. The third kappa shape index (κ3) is 5.01. The fourth-order valence-corrected chi connectivity index (χ4v) is 3.53. The van der Waals surface area contributed by atoms with Crippen LogP contribution in [0.3, 0.4) is 0 Å². The van der Waals surface area contributed by atoms with Gasteiger partial charge >= 0.3 is 0 Å². The monoisotopic (exact) mass is 284 g/mol. The lowest BCUT2D eigenvalue weighted by Crippen LogP contribution is -2.55. The van der Waals surface area contributed by atoms with E-state index in [1.165, 1.54) is 38.6 Å². The van der Waals surface area contributed by atoms with Gasteiger partial charge in [-0.3, -0.25) is 4.90 Å². The minimum atomic E-state index is 0.409. The number of hydrogen-bond donors (Lipinski definition) is 1. The third-order valence-corrected chi connectivity index (χ3v) is 4.83. The first kappa shape index (κ1) is 17.9. The molecule has 1 fully saturated rings. The molecule has 0 aromatic heterocycles. The van der Waals surface area contributed by atoms with E-state index in [0.717, 1.165) is 13.1 Å². The number of hydrogen-bond acceptors (Lipinski definition) is 3. The van der Waals surface area contributed by atoms with Gasteiger partial charge in [-0.2, -0.15) is 0 Å². The number of methoxy groups -OCH3 is 1. The Bertz CT molecular complexity index is 247. The van der Waals surface area contributed by atoms with Gasteiger partial charge in [0, 0.05) is 25.7 Å². The zero-order chi connectivity index (χ0) is 15.0. The van der Waals surface area contributed by atoms with Gasteiger partial charge in [-0.1, -0.05) is 34.1 Å². The first-order chi connectivity index (χ1) is 9.67. The van der Waals surface area contributed by atoms with E-state index < -0.39 is 0 Å². The van der Waals surface area contributed by atoms with Crippen LogP contribution in [0.15, 0.2) is 0 Å². The summed E-state index contributed by atoms with van der Waals surface area (Å²) in [4.78, 5) is 2.68. The van der Waals surface area contributed by atoms with Crippen molar-refractivity contribution in [3.8, 4) is 0 Å². The molecule has 1 N–H and O–H groups in total. The molecule has 0 amide bonds. The average Bonchev–Trinajstić information content (AvgIpc) is 2.47. The molecule has 4 atom stereocenters. The molecule has 0 bridgehead atoms. The lowest BCUT2D eigenvalue weighted by Gasteiger charge is -2.43. The van der Waals surface area contributed by atoms with E-state index in [0.29, 0.717) is 24.1 Å². The van der Waals surface area contributed by atoms with E-state index in [4.69, 9.17) is 4.74 Å². The predicted octanol–water partition coefficient (Wildman–Crippen LogP) is 3.29. The van der Waals surface area contributed by atoms with Crippen molar-refractivity contribution in [1.29, 1.82) is 0 Å². The Labute approximate surface area is 126 Å². The number of ether oxygens (including phenoxy) is 1. The van der Waals surface area contributed by atoms with Crippen LogP contribution < -0.4 is 5.32 Å². The Morgan fingerprint density at radius 1 is 1.25 bits per heavy atom. The highest BCUT2D eigenvalue weighted by Gasteiger charge is 2.32. The molecule has 1 aliphatic rings. The second-order valence-corrected chi connectivity index (χ2v) is 6.36. The van der Waals surface area contributed by atoms with Crippen LogP contribution in [0.25, 0.3) is 0 Å². The first-order valence-electron chi connectivity index (χ1n) is 8.68. The summed E-state index contributed by atoms with van der Waals surface area (Å²) >= 11 is 0. The molecule has 3 heteroatoms. The minimum Gasteiger partial charge on any atom is -0.380 e. The lowest BCUT2D eigenvalue weighted by molar-refractivity contribution is -0.0256. The van der Waals surface area contributed by atoms with Crippen LogP contribution >= 0.6 is 0 Å². The van der Waals surface area contributed by atoms with Gasteiger partial charge in [-0.05, 0) is 44.7 Å². The molecule has 0 aromatic rings. The van der Waals surface area contributed by atoms with Gasteiger partial charge in [0.15, 0.2) is 0 Å². The summed E-state index contributed by atoms with van der Waals surface area (Å²) < 4.78 is 5.69. The second kappa shape index (κ2) is 9.75. The standard InChI is InChI=1S/C17H36N2O/c1-6-9-15(18-11-7-2)16(8-3)19-12-10-14(4)17(13-19)20-5/h14-18H,6-13H2,1-5H3. The quantitative estimate of drug-likeness (QED) is 0.703. The van der Waals surface area contributed by atoms with E-state index in [9.17, 15) is 0 Å². The molecule has 4 unspecified atom stereocenters. The maximum absolute atomic E-state index is 5.69. The van der Waals surface area contributed by atoms with Crippen LogP contribution in [-0.2, 0) is 4.74 Å². The first-order valence-corrected chi connectivity index (χ1v) is 8.68. The minimum absolute atomic E-state index is 0.409. The van der Waals surface area contributed by atoms with Gasteiger partial charge in [-0.15, -0.1) is 0 Å². The van der Waals surface area contributed by atoms with Crippen LogP contribution in [0.5, 0.6) is 0 Å². The topological polar surface area (TPSA) is 24.5 Å². The summed E-state index contributed by atoms with van der Waals surface area (Å²) in [7, 11) is 1.87. The highest BCUT2D eigenvalue weighted by molar-refractivity contribution is 4.88. The van der Waals surface area contributed by atoms with Crippen molar-refractivity contribution >= 4 is 0 Å². The summed E-state index contributed by atoms with van der Waals surface area (Å²) in [5, 5.41) is 3.78. The third-order valence-electron chi connectivity index (χ3n) is 4.83. The van der Waals surface area contributed by atoms with Crippen LogP contribution in [0.4, 0.5) is 0 Å². The van der Waals surface area contributed by atoms with Crippen molar-refractivity contribution in [2.75, 3.05) is 26.7 Å². The lowest BCUT2D eigenvalue weighted by atomic mass is 9.91. The zero-order valence-corrected chi connectivity index (χ0v) is 14.3. The van der Waals surface area contributed by atoms with Gasteiger partial charge in [0.2, 0.25) is 0 Å². The molecular weight excluding hydrogens is 248 g/mol. The van der Waals surface area contributed by atoms with Crippen molar-refractivity contribution in [3.63, 3.8) is 0 Å². The van der Waals surface area contributed by atoms with Crippen molar-refractivity contribution in [1.82, 2.24) is 10.2 Å². The molecule has 0 radical (unpaired) electrons. The van der Waals surface area contributed by atoms with Gasteiger partial charge < -0.3 is 10.1 Å². The number of likely N-dealkylation sites (tertiary alicyclic amines) is 1. The average molecular weight is 284 g/mol. The Morgan fingerprint density at radius 3 is 2.55 bits per heavy atom. The molecular formula is C17H36N2O. The molecule has 120 valence electrons. The largest absolute Gasteiger partial charge is 0.380 e. The molecule has 1 heterocycles. The Kier molecular flexibility index (Phi) is 8.74. The van der Waals surface area contributed by atoms with E-state index in [1.54, 1.807) is 0 Å². The highest BCUT2D eigenvalue weighted by Crippen LogP contribution is 2.24. The molecule has 20 heavy (non-hydrogen) atoms. The zero-order valence-electron chi connectivity index (χ0n) is 14.3. The number of piperidine rings is 1.